The summed E-state index contributed by atoms with van der Waals surface area (Å²) in [5.41, 5.74) is 7.78. The highest BCUT2D eigenvalue weighted by molar-refractivity contribution is 5.84. The van der Waals surface area contributed by atoms with E-state index in [4.69, 9.17) is 10.5 Å². The number of rotatable bonds is 8. The van der Waals surface area contributed by atoms with E-state index in [-0.39, 0.29) is 5.91 Å². The van der Waals surface area contributed by atoms with Crippen molar-refractivity contribution >= 4 is 16.8 Å². The largest absolute Gasteiger partial charge is 0.377 e. The molecule has 5 heteroatoms. The number of para-hydroxylation sites is 1. The molecule has 0 aliphatic carbocycles. The zero-order chi connectivity index (χ0) is 16.9. The number of aryl methyl sites for hydroxylation is 1. The van der Waals surface area contributed by atoms with Gasteiger partial charge in [0.1, 0.15) is 0 Å². The molecule has 24 heavy (non-hydrogen) atoms. The number of likely N-dealkylation sites (N-methyl/N-ethyl adjacent to an activating group) is 1. The van der Waals surface area contributed by atoms with Crippen LogP contribution in [0, 0.1) is 0 Å². The minimum Gasteiger partial charge on any atom is -0.377 e. The van der Waals surface area contributed by atoms with E-state index in [9.17, 15) is 4.79 Å². The topological polar surface area (TPSA) is 60.5 Å². The maximum absolute atomic E-state index is 11.1. The fraction of sp³-hybridized carbons (Fsp3) is 0.526. The Bertz CT molecular complexity index is 689. The number of hydrogen-bond donors (Lipinski definition) is 1. The molecule has 130 valence electrons. The van der Waals surface area contributed by atoms with Crippen LogP contribution in [0.25, 0.3) is 10.9 Å². The molecule has 1 saturated heterocycles. The first-order valence-corrected chi connectivity index (χ1v) is 8.86. The summed E-state index contributed by atoms with van der Waals surface area (Å²) < 4.78 is 7.93. The average molecular weight is 329 g/mol. The Kier molecular flexibility index (Phi) is 5.53. The minimum absolute atomic E-state index is 0.261. The Morgan fingerprint density at radius 1 is 1.42 bits per heavy atom. The van der Waals surface area contributed by atoms with Crippen molar-refractivity contribution in [3.8, 4) is 0 Å². The number of carbonyl (C=O) groups is 1. The van der Waals surface area contributed by atoms with Crippen LogP contribution in [0.3, 0.4) is 0 Å². The molecule has 1 aromatic heterocycles. The summed E-state index contributed by atoms with van der Waals surface area (Å²) in [7, 11) is 0. The number of primary amides is 1. The monoisotopic (exact) mass is 329 g/mol. The Morgan fingerprint density at radius 2 is 2.25 bits per heavy atom. The average Bonchev–Trinajstić information content (AvgIpc) is 3.21. The lowest BCUT2D eigenvalue weighted by Crippen LogP contribution is -2.31. The lowest BCUT2D eigenvalue weighted by atomic mass is 10.1. The second-order valence-electron chi connectivity index (χ2n) is 6.54. The van der Waals surface area contributed by atoms with Crippen LogP contribution < -0.4 is 5.73 Å². The van der Waals surface area contributed by atoms with Crippen LogP contribution in [0.2, 0.25) is 0 Å². The zero-order valence-electron chi connectivity index (χ0n) is 14.4. The second kappa shape index (κ2) is 7.81. The molecule has 0 radical (unpaired) electrons. The van der Waals surface area contributed by atoms with Crippen molar-refractivity contribution in [1.29, 1.82) is 0 Å². The van der Waals surface area contributed by atoms with Crippen LogP contribution in [0.5, 0.6) is 0 Å². The van der Waals surface area contributed by atoms with E-state index in [1.54, 1.807) is 0 Å². The number of nitrogens with zero attached hydrogens (tertiary/aromatic N) is 2. The van der Waals surface area contributed by atoms with Gasteiger partial charge in [-0.05, 0) is 31.0 Å². The third-order valence-corrected chi connectivity index (χ3v) is 4.80. The molecule has 1 atom stereocenters. The quantitative estimate of drug-likeness (QED) is 0.809. The molecular formula is C19H27N3O2. The SMILES string of the molecule is CCN(Cc1cn(CCC(N)=O)c2ccccc12)C[C@@H]1CCCO1. The zero-order valence-corrected chi connectivity index (χ0v) is 14.4. The Balaban J connectivity index is 1.78. The summed E-state index contributed by atoms with van der Waals surface area (Å²) in [4.78, 5) is 13.6. The number of benzene rings is 1. The van der Waals surface area contributed by atoms with Gasteiger partial charge >= 0.3 is 0 Å². The molecule has 1 aromatic carbocycles. The Morgan fingerprint density at radius 3 is 2.96 bits per heavy atom. The second-order valence-corrected chi connectivity index (χ2v) is 6.54. The number of aromatic nitrogens is 1. The van der Waals surface area contributed by atoms with Gasteiger partial charge in [-0.1, -0.05) is 25.1 Å². The van der Waals surface area contributed by atoms with Crippen molar-refractivity contribution in [3.05, 3.63) is 36.0 Å². The van der Waals surface area contributed by atoms with E-state index < -0.39 is 0 Å². The smallest absolute Gasteiger partial charge is 0.219 e. The third-order valence-electron chi connectivity index (χ3n) is 4.80. The first kappa shape index (κ1) is 17.0. The maximum Gasteiger partial charge on any atom is 0.219 e. The molecule has 1 amide bonds. The molecular weight excluding hydrogens is 302 g/mol. The van der Waals surface area contributed by atoms with Crippen molar-refractivity contribution in [3.63, 3.8) is 0 Å². The van der Waals surface area contributed by atoms with E-state index in [0.29, 0.717) is 19.1 Å². The molecule has 2 N–H and O–H groups in total. The molecule has 3 rings (SSSR count). The van der Waals surface area contributed by atoms with Gasteiger partial charge in [0.25, 0.3) is 0 Å². The summed E-state index contributed by atoms with van der Waals surface area (Å²) in [6, 6.07) is 8.37. The first-order chi connectivity index (χ1) is 11.7. The van der Waals surface area contributed by atoms with Gasteiger partial charge in [-0.15, -0.1) is 0 Å². The Labute approximate surface area is 143 Å². The molecule has 0 spiro atoms. The molecule has 0 bridgehead atoms. The van der Waals surface area contributed by atoms with Crippen molar-refractivity contribution in [2.75, 3.05) is 19.7 Å². The predicted octanol–water partition coefficient (Wildman–Crippen LogP) is 2.52. The molecule has 1 aliphatic heterocycles. The molecule has 2 aromatic rings. The molecule has 0 unspecified atom stereocenters. The van der Waals surface area contributed by atoms with Crippen LogP contribution in [0.15, 0.2) is 30.5 Å². The van der Waals surface area contributed by atoms with Gasteiger partial charge in [0.15, 0.2) is 0 Å². The van der Waals surface area contributed by atoms with Crippen LogP contribution in [-0.2, 0) is 22.6 Å². The summed E-state index contributed by atoms with van der Waals surface area (Å²) in [5, 5.41) is 1.26. The van der Waals surface area contributed by atoms with Crippen LogP contribution in [0.1, 0.15) is 31.7 Å². The summed E-state index contributed by atoms with van der Waals surface area (Å²) >= 11 is 0. The lowest BCUT2D eigenvalue weighted by Gasteiger charge is -2.23. The number of nitrogens with two attached hydrogens (primary N) is 1. The van der Waals surface area contributed by atoms with E-state index >= 15 is 0 Å². The summed E-state index contributed by atoms with van der Waals surface area (Å²) in [5.74, 6) is -0.261. The number of fused-ring (bicyclic) bond motifs is 1. The van der Waals surface area contributed by atoms with Gasteiger partial charge < -0.3 is 15.0 Å². The van der Waals surface area contributed by atoms with Gasteiger partial charge in [-0.3, -0.25) is 9.69 Å². The van der Waals surface area contributed by atoms with Crippen LogP contribution >= 0.6 is 0 Å². The fourth-order valence-corrected chi connectivity index (χ4v) is 3.49. The summed E-state index contributed by atoms with van der Waals surface area (Å²) in [6.07, 6.45) is 5.25. The predicted molar refractivity (Wildman–Crippen MR) is 95.7 cm³/mol. The van der Waals surface area contributed by atoms with Gasteiger partial charge in [0, 0.05) is 49.8 Å². The Hall–Kier alpha value is -1.85. The van der Waals surface area contributed by atoms with E-state index in [0.717, 1.165) is 32.7 Å². The highest BCUT2D eigenvalue weighted by Crippen LogP contribution is 2.24. The molecule has 1 fully saturated rings. The first-order valence-electron chi connectivity index (χ1n) is 8.86. The fourth-order valence-electron chi connectivity index (χ4n) is 3.49. The van der Waals surface area contributed by atoms with Crippen molar-refractivity contribution in [2.24, 2.45) is 5.73 Å². The number of ether oxygens (including phenoxy) is 1. The van der Waals surface area contributed by atoms with Crippen LogP contribution in [0.4, 0.5) is 0 Å². The van der Waals surface area contributed by atoms with E-state index in [1.807, 2.05) is 6.07 Å². The minimum atomic E-state index is -0.261. The molecule has 2 heterocycles. The number of amides is 1. The lowest BCUT2D eigenvalue weighted by molar-refractivity contribution is -0.118. The van der Waals surface area contributed by atoms with E-state index in [1.165, 1.54) is 22.9 Å². The van der Waals surface area contributed by atoms with Gasteiger partial charge in [0.2, 0.25) is 5.91 Å². The highest BCUT2D eigenvalue weighted by atomic mass is 16.5. The summed E-state index contributed by atoms with van der Waals surface area (Å²) in [6.45, 7) is 6.61. The normalized spacial score (nSPS) is 17.8. The molecule has 5 nitrogen and oxygen atoms in total. The maximum atomic E-state index is 11.1. The molecule has 0 saturated carbocycles. The van der Waals surface area contributed by atoms with Crippen molar-refractivity contribution in [2.45, 2.75) is 45.4 Å². The highest BCUT2D eigenvalue weighted by Gasteiger charge is 2.19. The van der Waals surface area contributed by atoms with Crippen LogP contribution in [-0.4, -0.2) is 41.2 Å². The van der Waals surface area contributed by atoms with Crippen molar-refractivity contribution < 1.29 is 9.53 Å². The van der Waals surface area contributed by atoms with Crippen molar-refractivity contribution in [1.82, 2.24) is 9.47 Å². The molecule has 1 aliphatic rings. The number of carbonyl (C=O) groups excluding carboxylic acids is 1. The van der Waals surface area contributed by atoms with Gasteiger partial charge in [0.05, 0.1) is 6.10 Å². The van der Waals surface area contributed by atoms with E-state index in [2.05, 4.69) is 40.8 Å². The van der Waals surface area contributed by atoms with Gasteiger partial charge in [-0.2, -0.15) is 0 Å². The number of hydrogen-bond acceptors (Lipinski definition) is 3. The standard InChI is InChI=1S/C19H27N3O2/c1-2-21(14-16-6-5-11-24-16)12-15-13-22(10-9-19(20)23)18-8-4-3-7-17(15)18/h3-4,7-8,13,16H,2,5-6,9-12,14H2,1H3,(H2,20,23)/t16-/m0/s1. The third kappa shape index (κ3) is 3.97. The van der Waals surface area contributed by atoms with Gasteiger partial charge in [-0.25, -0.2) is 0 Å².